The molecular weight excluding hydrogens is 581 g/mol. The third kappa shape index (κ3) is 5.79. The van der Waals surface area contributed by atoms with Crippen molar-refractivity contribution in [3.05, 3.63) is 70.7 Å². The highest BCUT2D eigenvalue weighted by Gasteiger charge is 2.26. The minimum atomic E-state index is -1.67. The van der Waals surface area contributed by atoms with Crippen molar-refractivity contribution in [1.29, 1.82) is 0 Å². The topological polar surface area (TPSA) is 25.8 Å². The van der Waals surface area contributed by atoms with Gasteiger partial charge in [-0.15, -0.1) is 33.8 Å². The molecule has 5 rings (SSSR count). The molecule has 2 heterocycles. The Morgan fingerprint density at radius 2 is 0.929 bits per heavy atom. The van der Waals surface area contributed by atoms with Crippen LogP contribution < -0.4 is 0 Å². The van der Waals surface area contributed by atoms with Gasteiger partial charge in [-0.3, -0.25) is 0 Å². The first kappa shape index (κ1) is 30.5. The second kappa shape index (κ2) is 13.1. The molecule has 2 nitrogen and oxygen atoms in total. The fourth-order valence-corrected chi connectivity index (χ4v) is 12.0. The van der Waals surface area contributed by atoms with Crippen molar-refractivity contribution in [2.75, 3.05) is 0 Å². The van der Waals surface area contributed by atoms with Gasteiger partial charge in [-0.1, -0.05) is 77.6 Å². The minimum Gasteiger partial charge on any atom is -0.245 e. The van der Waals surface area contributed by atoms with Crippen LogP contribution in [0.15, 0.2) is 59.6 Å². The van der Waals surface area contributed by atoms with E-state index in [0.717, 1.165) is 32.3 Å². The molecule has 0 aliphatic rings. The number of hydrogen-bond acceptors (Lipinski definition) is 4. The van der Waals surface area contributed by atoms with E-state index in [2.05, 4.69) is 111 Å². The Morgan fingerprint density at radius 1 is 0.548 bits per heavy atom. The third-order valence-corrected chi connectivity index (χ3v) is 20.5. The Balaban J connectivity index is 1.91. The average Bonchev–Trinajstić information content (AvgIpc) is 3.78. The molecule has 0 fully saturated rings. The summed E-state index contributed by atoms with van der Waals surface area (Å²) in [4.78, 5) is 9.27. The molecule has 5 aromatic rings. The molecule has 0 amide bonds. The zero-order chi connectivity index (χ0) is 29.7. The van der Waals surface area contributed by atoms with Gasteiger partial charge in [0.1, 0.15) is 26.2 Å². The molecule has 0 aliphatic heterocycles. The van der Waals surface area contributed by atoms with Crippen molar-refractivity contribution >= 4 is 60.4 Å². The van der Waals surface area contributed by atoms with Crippen LogP contribution in [0.2, 0.25) is 36.3 Å². The average molecular weight is 621 g/mol. The summed E-state index contributed by atoms with van der Waals surface area (Å²) in [5, 5.41) is 10.9. The van der Waals surface area contributed by atoms with Gasteiger partial charge >= 0.3 is 0 Å². The maximum absolute atomic E-state index is 4.64. The summed E-state index contributed by atoms with van der Waals surface area (Å²) in [5.74, 6) is 7.65. The second-order valence-corrected chi connectivity index (χ2v) is 22.8. The summed E-state index contributed by atoms with van der Waals surface area (Å²) >= 11 is 3.36. The van der Waals surface area contributed by atoms with Crippen LogP contribution >= 0.6 is 22.7 Å². The second-order valence-electron chi connectivity index (χ2n) is 11.1. The molecule has 0 atom stereocenters. The highest BCUT2D eigenvalue weighted by molar-refractivity contribution is 7.13. The van der Waals surface area contributed by atoms with E-state index in [0.29, 0.717) is 0 Å². The molecule has 0 saturated heterocycles. The van der Waals surface area contributed by atoms with E-state index in [1.54, 1.807) is 22.7 Å². The van der Waals surface area contributed by atoms with E-state index >= 15 is 0 Å². The van der Waals surface area contributed by atoms with E-state index < -0.39 is 16.1 Å². The van der Waals surface area contributed by atoms with Gasteiger partial charge in [0.15, 0.2) is 0 Å². The number of thiazole rings is 2. The molecule has 0 aliphatic carbocycles. The number of hydrogen-bond donors (Lipinski definition) is 0. The quantitative estimate of drug-likeness (QED) is 0.0980. The Kier molecular flexibility index (Phi) is 9.50. The maximum Gasteiger partial charge on any atom is 0.138 e. The van der Waals surface area contributed by atoms with Crippen molar-refractivity contribution in [2.24, 2.45) is 0 Å². The Morgan fingerprint density at radius 3 is 1.24 bits per heavy atom. The zero-order valence-corrected chi connectivity index (χ0v) is 29.4. The summed E-state index contributed by atoms with van der Waals surface area (Å²) in [7, 11) is -3.33. The maximum atomic E-state index is 4.64. The minimum absolute atomic E-state index is 1.04. The summed E-state index contributed by atoms with van der Waals surface area (Å²) in [5.41, 5.74) is 12.4. The van der Waals surface area contributed by atoms with Gasteiger partial charge in [-0.2, -0.15) is 0 Å². The number of benzene rings is 3. The normalized spacial score (nSPS) is 11.8. The Hall–Kier alpha value is -3.01. The lowest BCUT2D eigenvalue weighted by molar-refractivity contribution is 1.20. The van der Waals surface area contributed by atoms with Crippen LogP contribution in [0.4, 0.5) is 0 Å². The van der Waals surface area contributed by atoms with Crippen LogP contribution in [0.3, 0.4) is 0 Å². The van der Waals surface area contributed by atoms with E-state index in [1.165, 1.54) is 57.8 Å². The summed E-state index contributed by atoms with van der Waals surface area (Å²) in [6, 6.07) is 20.7. The van der Waals surface area contributed by atoms with Gasteiger partial charge in [-0.25, -0.2) is 9.97 Å². The zero-order valence-electron chi connectivity index (χ0n) is 25.7. The van der Waals surface area contributed by atoms with Crippen LogP contribution in [-0.2, 0) is 0 Å². The lowest BCUT2D eigenvalue weighted by atomic mass is 9.90. The molecule has 0 saturated carbocycles. The Labute approximate surface area is 261 Å². The standard InChI is InChI=1S/C36H40N2S2Si2/c1-7-41(8-2,9-3)23-17-31-29-15-13-28(36-38-20-22-40-36)26-34(29)32(18-24-42(10-4,11-5)12-6)30-16-14-27(25-33(30)31)35-37-19-21-39-35/h13-16,19-22,25-26H,7-12H2,1-6H3. The lowest BCUT2D eigenvalue weighted by Crippen LogP contribution is -2.29. The van der Waals surface area contributed by atoms with Crippen LogP contribution in [0.25, 0.3) is 42.7 Å². The van der Waals surface area contributed by atoms with Gasteiger partial charge in [0.25, 0.3) is 0 Å². The monoisotopic (exact) mass is 620 g/mol. The molecule has 214 valence electrons. The van der Waals surface area contributed by atoms with Gasteiger partial charge in [0.2, 0.25) is 0 Å². The number of aromatic nitrogens is 2. The van der Waals surface area contributed by atoms with Crippen molar-refractivity contribution in [1.82, 2.24) is 9.97 Å². The first-order chi connectivity index (χ1) is 20.5. The molecule has 6 heteroatoms. The fourth-order valence-electron chi connectivity index (χ4n) is 5.92. The fraction of sp³-hybridized carbons (Fsp3) is 0.333. The van der Waals surface area contributed by atoms with Crippen LogP contribution in [0.5, 0.6) is 0 Å². The van der Waals surface area contributed by atoms with Crippen molar-refractivity contribution in [3.8, 4) is 44.1 Å². The first-order valence-corrected chi connectivity index (χ1v) is 22.4. The van der Waals surface area contributed by atoms with E-state index in [4.69, 9.17) is 0 Å². The Bertz CT molecular complexity index is 1660. The highest BCUT2D eigenvalue weighted by Crippen LogP contribution is 2.38. The smallest absolute Gasteiger partial charge is 0.138 e. The molecule has 0 bridgehead atoms. The van der Waals surface area contributed by atoms with Gasteiger partial charge in [0, 0.05) is 45.4 Å². The van der Waals surface area contributed by atoms with Crippen LogP contribution in [0, 0.1) is 22.9 Å². The number of nitrogens with zero attached hydrogens (tertiary/aromatic N) is 2. The largest absolute Gasteiger partial charge is 0.245 e. The van der Waals surface area contributed by atoms with Gasteiger partial charge in [0.05, 0.1) is 0 Å². The summed E-state index contributed by atoms with van der Waals surface area (Å²) in [6.07, 6.45) is 3.77. The predicted octanol–water partition coefficient (Wildman–Crippen LogP) is 11.0. The number of rotatable bonds is 8. The van der Waals surface area contributed by atoms with Crippen LogP contribution in [0.1, 0.15) is 52.7 Å². The van der Waals surface area contributed by atoms with Crippen molar-refractivity contribution < 1.29 is 0 Å². The highest BCUT2D eigenvalue weighted by atomic mass is 32.1. The van der Waals surface area contributed by atoms with E-state index in [9.17, 15) is 0 Å². The molecule has 0 N–H and O–H groups in total. The molecule has 42 heavy (non-hydrogen) atoms. The third-order valence-electron chi connectivity index (χ3n) is 9.44. The van der Waals surface area contributed by atoms with Gasteiger partial charge in [-0.05, 0) is 69.9 Å². The summed E-state index contributed by atoms with van der Waals surface area (Å²) < 4.78 is 0. The molecule has 0 radical (unpaired) electrons. The predicted molar refractivity (Wildman–Crippen MR) is 192 cm³/mol. The lowest BCUT2D eigenvalue weighted by Gasteiger charge is -2.21. The SMILES string of the molecule is CC[Si](C#Cc1c2ccc(-c3nccs3)cc2c(C#C[Si](CC)(CC)CC)c2ccc(-c3nccs3)cc12)(CC)CC. The van der Waals surface area contributed by atoms with E-state index in [1.807, 2.05) is 23.2 Å². The molecule has 0 spiro atoms. The van der Waals surface area contributed by atoms with Gasteiger partial charge < -0.3 is 0 Å². The van der Waals surface area contributed by atoms with Crippen molar-refractivity contribution in [3.63, 3.8) is 0 Å². The molecule has 0 unspecified atom stereocenters. The molecular formula is C36H40N2S2Si2. The van der Waals surface area contributed by atoms with Crippen LogP contribution in [-0.4, -0.2) is 26.1 Å². The first-order valence-electron chi connectivity index (χ1n) is 15.3. The summed E-state index contributed by atoms with van der Waals surface area (Å²) in [6.45, 7) is 14.0. The number of fused-ring (bicyclic) bond motifs is 2. The van der Waals surface area contributed by atoms with Crippen molar-refractivity contribution in [2.45, 2.75) is 77.8 Å². The molecule has 2 aromatic heterocycles. The van der Waals surface area contributed by atoms with E-state index in [-0.39, 0.29) is 0 Å². The molecule has 3 aromatic carbocycles.